The van der Waals surface area contributed by atoms with E-state index in [9.17, 15) is 14.3 Å². The molecule has 4 nitrogen and oxygen atoms in total. The van der Waals surface area contributed by atoms with Gasteiger partial charge in [-0.05, 0) is 30.3 Å². The molecule has 2 aromatic rings. The molecule has 0 aromatic heterocycles. The highest BCUT2D eigenvalue weighted by Crippen LogP contribution is 2.26. The van der Waals surface area contributed by atoms with Crippen molar-refractivity contribution < 1.29 is 14.3 Å². The molecule has 0 aliphatic heterocycles. The average Bonchev–Trinajstić information content (AvgIpc) is 2.36. The lowest BCUT2D eigenvalue weighted by Crippen LogP contribution is -2.20. The number of carbonyl (C=O) groups excluding carboxylic acids is 1. The smallest absolute Gasteiger partial charge is 0.323 e. The molecule has 0 bridgehead atoms. The maximum absolute atomic E-state index is 13.6. The zero-order valence-corrected chi connectivity index (χ0v) is 12.3. The number of amides is 2. The molecular weight excluding hydrogens is 351 g/mol. The van der Waals surface area contributed by atoms with Crippen LogP contribution in [0.3, 0.4) is 0 Å². The number of halogens is 3. The molecule has 0 radical (unpaired) electrons. The van der Waals surface area contributed by atoms with Gasteiger partial charge >= 0.3 is 6.03 Å². The number of nitrogens with one attached hydrogen (secondary N) is 2. The van der Waals surface area contributed by atoms with E-state index in [-0.39, 0.29) is 16.5 Å². The molecule has 0 saturated carbocycles. The molecule has 3 N–H and O–H groups in total. The number of aromatic hydroxyl groups is 1. The van der Waals surface area contributed by atoms with Crippen LogP contribution in [0.2, 0.25) is 5.02 Å². The molecule has 0 aliphatic rings. The van der Waals surface area contributed by atoms with Crippen LogP contribution >= 0.6 is 27.5 Å². The number of hydrogen-bond donors (Lipinski definition) is 3. The number of phenols is 1. The lowest BCUT2D eigenvalue weighted by Gasteiger charge is -2.10. The number of urea groups is 1. The van der Waals surface area contributed by atoms with Crippen molar-refractivity contribution in [3.8, 4) is 5.75 Å². The van der Waals surface area contributed by atoms with Crippen molar-refractivity contribution in [2.45, 2.75) is 0 Å². The molecule has 0 fully saturated rings. The van der Waals surface area contributed by atoms with Crippen LogP contribution in [0.4, 0.5) is 20.6 Å². The van der Waals surface area contributed by atoms with Gasteiger partial charge in [-0.2, -0.15) is 0 Å². The molecular formula is C13H9BrClFN2O2. The third-order valence-electron chi connectivity index (χ3n) is 2.38. The number of benzene rings is 2. The quantitative estimate of drug-likeness (QED) is 0.687. The first-order valence-electron chi connectivity index (χ1n) is 5.47. The van der Waals surface area contributed by atoms with Gasteiger partial charge in [-0.1, -0.05) is 27.5 Å². The predicted molar refractivity (Wildman–Crippen MR) is 79.9 cm³/mol. The van der Waals surface area contributed by atoms with Crippen LogP contribution < -0.4 is 10.6 Å². The highest BCUT2D eigenvalue weighted by molar-refractivity contribution is 9.10. The molecule has 0 spiro atoms. The SMILES string of the molecule is O=C(Nc1ccc(Br)cc1F)Nc1ccc(O)cc1Cl. The van der Waals surface area contributed by atoms with Gasteiger partial charge in [0, 0.05) is 10.5 Å². The molecule has 0 heterocycles. The lowest BCUT2D eigenvalue weighted by molar-refractivity contribution is 0.262. The summed E-state index contributed by atoms with van der Waals surface area (Å²) in [6.45, 7) is 0. The van der Waals surface area contributed by atoms with Gasteiger partial charge in [0.25, 0.3) is 0 Å². The van der Waals surface area contributed by atoms with Crippen molar-refractivity contribution in [3.05, 3.63) is 51.7 Å². The third kappa shape index (κ3) is 3.61. The zero-order valence-electron chi connectivity index (χ0n) is 9.95. The molecule has 2 rings (SSSR count). The molecule has 0 aliphatic carbocycles. The molecule has 0 saturated heterocycles. The van der Waals surface area contributed by atoms with Gasteiger partial charge < -0.3 is 15.7 Å². The van der Waals surface area contributed by atoms with Crippen LogP contribution in [-0.2, 0) is 0 Å². The average molecular weight is 360 g/mol. The summed E-state index contributed by atoms with van der Waals surface area (Å²) >= 11 is 8.97. The van der Waals surface area contributed by atoms with Crippen LogP contribution in [0.1, 0.15) is 0 Å². The number of hydrogen-bond acceptors (Lipinski definition) is 2. The Bertz CT molecular complexity index is 611. The van der Waals surface area contributed by atoms with Gasteiger partial charge in [0.05, 0.1) is 16.4 Å². The molecule has 0 unspecified atom stereocenters. The standard InChI is InChI=1S/C13H9BrClFN2O2/c14-7-1-3-12(10(16)5-7)18-13(20)17-11-4-2-8(19)6-9(11)15/h1-6,19H,(H2,17,18,20). The highest BCUT2D eigenvalue weighted by atomic mass is 79.9. The Morgan fingerprint density at radius 2 is 1.80 bits per heavy atom. The fourth-order valence-electron chi connectivity index (χ4n) is 1.47. The summed E-state index contributed by atoms with van der Waals surface area (Å²) in [7, 11) is 0. The number of carbonyl (C=O) groups is 1. The lowest BCUT2D eigenvalue weighted by atomic mass is 10.3. The maximum atomic E-state index is 13.6. The van der Waals surface area contributed by atoms with Gasteiger partial charge in [-0.15, -0.1) is 0 Å². The van der Waals surface area contributed by atoms with Crippen LogP contribution in [0, 0.1) is 5.82 Å². The van der Waals surface area contributed by atoms with E-state index in [2.05, 4.69) is 26.6 Å². The minimum atomic E-state index is -0.640. The van der Waals surface area contributed by atoms with Crippen molar-refractivity contribution in [1.29, 1.82) is 0 Å². The van der Waals surface area contributed by atoms with E-state index in [1.54, 1.807) is 6.07 Å². The summed E-state index contributed by atoms with van der Waals surface area (Å²) in [4.78, 5) is 11.7. The second-order valence-corrected chi connectivity index (χ2v) is 5.19. The van der Waals surface area contributed by atoms with E-state index in [1.807, 2.05) is 0 Å². The van der Waals surface area contributed by atoms with Gasteiger partial charge in [0.15, 0.2) is 0 Å². The van der Waals surface area contributed by atoms with E-state index >= 15 is 0 Å². The second kappa shape index (κ2) is 6.11. The summed E-state index contributed by atoms with van der Waals surface area (Å²) in [6.07, 6.45) is 0. The van der Waals surface area contributed by atoms with Crippen molar-refractivity contribution in [3.63, 3.8) is 0 Å². The minimum Gasteiger partial charge on any atom is -0.508 e. The Balaban J connectivity index is 2.09. The first-order chi connectivity index (χ1) is 9.45. The van der Waals surface area contributed by atoms with Crippen molar-refractivity contribution in [1.82, 2.24) is 0 Å². The Labute approximate surface area is 127 Å². The van der Waals surface area contributed by atoms with E-state index in [4.69, 9.17) is 11.6 Å². The number of rotatable bonds is 2. The zero-order chi connectivity index (χ0) is 14.7. The summed E-state index contributed by atoms with van der Waals surface area (Å²) in [5, 5.41) is 14.2. The van der Waals surface area contributed by atoms with Crippen LogP contribution in [0.5, 0.6) is 5.75 Å². The first kappa shape index (κ1) is 14.6. The molecule has 104 valence electrons. The largest absolute Gasteiger partial charge is 0.508 e. The Morgan fingerprint density at radius 1 is 1.15 bits per heavy atom. The fraction of sp³-hybridized carbons (Fsp3) is 0. The van der Waals surface area contributed by atoms with Crippen molar-refractivity contribution in [2.24, 2.45) is 0 Å². The molecule has 0 atom stereocenters. The molecule has 2 amide bonds. The normalized spacial score (nSPS) is 10.2. The monoisotopic (exact) mass is 358 g/mol. The molecule has 2 aromatic carbocycles. The topological polar surface area (TPSA) is 61.4 Å². The second-order valence-electron chi connectivity index (χ2n) is 3.87. The Hall–Kier alpha value is -1.79. The summed E-state index contributed by atoms with van der Waals surface area (Å²) < 4.78 is 14.1. The van der Waals surface area contributed by atoms with Gasteiger partial charge in [0.1, 0.15) is 11.6 Å². The van der Waals surface area contributed by atoms with Crippen LogP contribution in [0.15, 0.2) is 40.9 Å². The Morgan fingerprint density at radius 3 is 2.45 bits per heavy atom. The number of anilines is 2. The van der Waals surface area contributed by atoms with Crippen LogP contribution in [-0.4, -0.2) is 11.1 Å². The highest BCUT2D eigenvalue weighted by Gasteiger charge is 2.09. The van der Waals surface area contributed by atoms with Crippen molar-refractivity contribution >= 4 is 44.9 Å². The van der Waals surface area contributed by atoms with E-state index in [1.165, 1.54) is 30.3 Å². The van der Waals surface area contributed by atoms with E-state index in [0.29, 0.717) is 10.2 Å². The molecule has 7 heteroatoms. The third-order valence-corrected chi connectivity index (χ3v) is 3.19. The summed E-state index contributed by atoms with van der Waals surface area (Å²) in [5.74, 6) is -0.578. The summed E-state index contributed by atoms with van der Waals surface area (Å²) in [6, 6.07) is 7.74. The minimum absolute atomic E-state index is 0.0140. The first-order valence-corrected chi connectivity index (χ1v) is 6.64. The predicted octanol–water partition coefficient (Wildman–Crippen LogP) is 4.59. The summed E-state index contributed by atoms with van der Waals surface area (Å²) in [5.41, 5.74) is 0.347. The van der Waals surface area contributed by atoms with E-state index in [0.717, 1.165) is 0 Å². The van der Waals surface area contributed by atoms with Gasteiger partial charge in [0.2, 0.25) is 0 Å². The molecule has 20 heavy (non-hydrogen) atoms. The van der Waals surface area contributed by atoms with Crippen molar-refractivity contribution in [2.75, 3.05) is 10.6 Å². The van der Waals surface area contributed by atoms with Crippen LogP contribution in [0.25, 0.3) is 0 Å². The van der Waals surface area contributed by atoms with Gasteiger partial charge in [-0.25, -0.2) is 9.18 Å². The van der Waals surface area contributed by atoms with E-state index < -0.39 is 11.8 Å². The van der Waals surface area contributed by atoms with Gasteiger partial charge in [-0.3, -0.25) is 0 Å². The fourth-order valence-corrected chi connectivity index (χ4v) is 2.03. The number of phenolic OH excluding ortho intramolecular Hbond substituents is 1. The Kier molecular flexibility index (Phi) is 4.46. The maximum Gasteiger partial charge on any atom is 0.323 e.